The summed E-state index contributed by atoms with van der Waals surface area (Å²) in [5.74, 6) is 0.0441. The van der Waals surface area contributed by atoms with E-state index in [1.54, 1.807) is 4.68 Å². The summed E-state index contributed by atoms with van der Waals surface area (Å²) in [4.78, 5) is 11.7. The molecule has 2 unspecified atom stereocenters. The first kappa shape index (κ1) is 11.1. The van der Waals surface area contributed by atoms with Crippen molar-refractivity contribution in [3.05, 3.63) is 11.9 Å². The molecule has 0 N–H and O–H groups in total. The number of carbonyl (C=O) groups excluding carboxylic acids is 1. The van der Waals surface area contributed by atoms with Gasteiger partial charge in [0.1, 0.15) is 5.60 Å². The fourth-order valence-electron chi connectivity index (χ4n) is 1.69. The van der Waals surface area contributed by atoms with E-state index in [9.17, 15) is 4.79 Å². The van der Waals surface area contributed by atoms with Gasteiger partial charge in [0.05, 0.1) is 11.6 Å². The van der Waals surface area contributed by atoms with Crippen molar-refractivity contribution >= 4 is 5.97 Å². The van der Waals surface area contributed by atoms with Gasteiger partial charge in [-0.25, -0.2) is 0 Å². The predicted octanol–water partition coefficient (Wildman–Crippen LogP) is 1.26. The topological polar surface area (TPSA) is 57.0 Å². The number of hydrogen-bond donors (Lipinski definition) is 0. The predicted molar refractivity (Wildman–Crippen MR) is 57.7 cm³/mol. The van der Waals surface area contributed by atoms with Gasteiger partial charge in [-0.3, -0.25) is 9.48 Å². The molecule has 1 fully saturated rings. The summed E-state index contributed by atoms with van der Waals surface area (Å²) in [6.07, 6.45) is 2.68. The van der Waals surface area contributed by atoms with Crippen LogP contribution in [0.4, 0.5) is 0 Å². The number of nitrogens with zero attached hydrogens (tertiary/aromatic N) is 3. The molecule has 0 bridgehead atoms. The van der Waals surface area contributed by atoms with Crippen molar-refractivity contribution in [1.29, 1.82) is 0 Å². The minimum atomic E-state index is -0.410. The molecule has 5 nitrogen and oxygen atoms in total. The SMILES string of the molecule is Cn1cc(C2CC2C(=O)OC(C)(C)C)nn1. The van der Waals surface area contributed by atoms with Crippen LogP contribution < -0.4 is 0 Å². The highest BCUT2D eigenvalue weighted by Gasteiger charge is 2.47. The Kier molecular flexibility index (Phi) is 2.48. The zero-order chi connectivity index (χ0) is 11.9. The van der Waals surface area contributed by atoms with Gasteiger partial charge in [-0.05, 0) is 27.2 Å². The van der Waals surface area contributed by atoms with Crippen LogP contribution >= 0.6 is 0 Å². The van der Waals surface area contributed by atoms with Crippen molar-refractivity contribution in [2.75, 3.05) is 0 Å². The highest BCUT2D eigenvalue weighted by Crippen LogP contribution is 2.47. The summed E-state index contributed by atoms with van der Waals surface area (Å²) in [5, 5.41) is 7.87. The van der Waals surface area contributed by atoms with E-state index in [0.29, 0.717) is 0 Å². The zero-order valence-electron chi connectivity index (χ0n) is 10.1. The van der Waals surface area contributed by atoms with Crippen LogP contribution in [-0.4, -0.2) is 26.6 Å². The van der Waals surface area contributed by atoms with Gasteiger partial charge >= 0.3 is 5.97 Å². The van der Waals surface area contributed by atoms with Crippen LogP contribution in [0.2, 0.25) is 0 Å². The summed E-state index contributed by atoms with van der Waals surface area (Å²) >= 11 is 0. The van der Waals surface area contributed by atoms with Gasteiger partial charge in [-0.15, -0.1) is 5.10 Å². The first-order valence-electron chi connectivity index (χ1n) is 5.46. The normalized spacial score (nSPS) is 24.2. The van der Waals surface area contributed by atoms with Crippen LogP contribution in [-0.2, 0) is 16.6 Å². The molecular formula is C11H17N3O2. The lowest BCUT2D eigenvalue weighted by Gasteiger charge is -2.19. The minimum absolute atomic E-state index is 0.0316. The summed E-state index contributed by atoms with van der Waals surface area (Å²) in [6.45, 7) is 5.64. The van der Waals surface area contributed by atoms with Crippen LogP contribution in [0.15, 0.2) is 6.20 Å². The molecule has 1 aromatic rings. The largest absolute Gasteiger partial charge is 0.460 e. The van der Waals surface area contributed by atoms with Crippen molar-refractivity contribution in [2.24, 2.45) is 13.0 Å². The van der Waals surface area contributed by atoms with E-state index in [1.807, 2.05) is 34.0 Å². The van der Waals surface area contributed by atoms with E-state index < -0.39 is 5.60 Å². The molecule has 1 heterocycles. The molecule has 1 saturated carbocycles. The molecule has 1 aromatic heterocycles. The Hall–Kier alpha value is -1.39. The quantitative estimate of drug-likeness (QED) is 0.708. The molecule has 0 aliphatic heterocycles. The van der Waals surface area contributed by atoms with Crippen LogP contribution in [0.5, 0.6) is 0 Å². The number of ether oxygens (including phenoxy) is 1. The third kappa shape index (κ3) is 2.40. The van der Waals surface area contributed by atoms with Gasteiger partial charge in [-0.1, -0.05) is 5.21 Å². The Labute approximate surface area is 94.8 Å². The van der Waals surface area contributed by atoms with Gasteiger partial charge in [0, 0.05) is 19.2 Å². The van der Waals surface area contributed by atoms with E-state index in [-0.39, 0.29) is 17.8 Å². The van der Waals surface area contributed by atoms with Crippen LogP contribution in [0.25, 0.3) is 0 Å². The van der Waals surface area contributed by atoms with Gasteiger partial charge in [0.15, 0.2) is 0 Å². The number of rotatable bonds is 2. The zero-order valence-corrected chi connectivity index (χ0v) is 10.1. The second-order valence-electron chi connectivity index (χ2n) is 5.30. The average molecular weight is 223 g/mol. The van der Waals surface area contributed by atoms with E-state index in [1.165, 1.54) is 0 Å². The summed E-state index contributed by atoms with van der Waals surface area (Å²) in [5.41, 5.74) is 0.477. The number of hydrogen-bond acceptors (Lipinski definition) is 4. The third-order valence-electron chi connectivity index (χ3n) is 2.50. The maximum Gasteiger partial charge on any atom is 0.310 e. The second-order valence-corrected chi connectivity index (χ2v) is 5.30. The lowest BCUT2D eigenvalue weighted by atomic mass is 10.2. The van der Waals surface area contributed by atoms with Crippen molar-refractivity contribution < 1.29 is 9.53 Å². The fourth-order valence-corrected chi connectivity index (χ4v) is 1.69. The minimum Gasteiger partial charge on any atom is -0.460 e. The van der Waals surface area contributed by atoms with E-state index in [0.717, 1.165) is 12.1 Å². The summed E-state index contributed by atoms with van der Waals surface area (Å²) in [6, 6.07) is 0. The lowest BCUT2D eigenvalue weighted by molar-refractivity contribution is -0.156. The molecule has 0 spiro atoms. The van der Waals surface area contributed by atoms with Crippen molar-refractivity contribution in [3.63, 3.8) is 0 Å². The molecule has 0 radical (unpaired) electrons. The molecular weight excluding hydrogens is 206 g/mol. The molecule has 1 aliphatic carbocycles. The van der Waals surface area contributed by atoms with Crippen molar-refractivity contribution in [2.45, 2.75) is 38.7 Å². The van der Waals surface area contributed by atoms with Gasteiger partial charge in [0.2, 0.25) is 0 Å². The second kappa shape index (κ2) is 3.57. The molecule has 1 aliphatic rings. The molecule has 5 heteroatoms. The smallest absolute Gasteiger partial charge is 0.310 e. The summed E-state index contributed by atoms with van der Waals surface area (Å²) < 4.78 is 6.98. The molecule has 0 aromatic carbocycles. The average Bonchev–Trinajstić information content (AvgIpc) is 2.81. The molecule has 16 heavy (non-hydrogen) atoms. The third-order valence-corrected chi connectivity index (χ3v) is 2.50. The van der Waals surface area contributed by atoms with Crippen molar-refractivity contribution in [3.8, 4) is 0 Å². The first-order chi connectivity index (χ1) is 7.37. The van der Waals surface area contributed by atoms with Crippen LogP contribution in [0, 0.1) is 5.92 Å². The Balaban J connectivity index is 1.94. The lowest BCUT2D eigenvalue weighted by Crippen LogP contribution is -2.25. The van der Waals surface area contributed by atoms with Crippen molar-refractivity contribution in [1.82, 2.24) is 15.0 Å². The van der Waals surface area contributed by atoms with Crippen LogP contribution in [0.3, 0.4) is 0 Å². The molecule has 2 rings (SSSR count). The Morgan fingerprint density at radius 2 is 2.25 bits per heavy atom. The van der Waals surface area contributed by atoms with Gasteiger partial charge in [0.25, 0.3) is 0 Å². The Morgan fingerprint density at radius 1 is 1.56 bits per heavy atom. The molecule has 0 amide bonds. The Bertz CT molecular complexity index is 406. The first-order valence-corrected chi connectivity index (χ1v) is 5.46. The Morgan fingerprint density at radius 3 is 2.75 bits per heavy atom. The maximum absolute atomic E-state index is 11.7. The highest BCUT2D eigenvalue weighted by atomic mass is 16.6. The fraction of sp³-hybridized carbons (Fsp3) is 0.727. The summed E-state index contributed by atoms with van der Waals surface area (Å²) in [7, 11) is 1.82. The number of esters is 1. The van der Waals surface area contributed by atoms with E-state index in [2.05, 4.69) is 10.3 Å². The molecule has 0 saturated heterocycles. The highest BCUT2D eigenvalue weighted by molar-refractivity contribution is 5.77. The van der Waals surface area contributed by atoms with Gasteiger partial charge in [-0.2, -0.15) is 0 Å². The standard InChI is InChI=1S/C11H17N3O2/c1-11(2,3)16-10(15)8-5-7(8)9-6-14(4)13-12-9/h6-8H,5H2,1-4H3. The number of aromatic nitrogens is 3. The van der Waals surface area contributed by atoms with Gasteiger partial charge < -0.3 is 4.74 Å². The monoisotopic (exact) mass is 223 g/mol. The van der Waals surface area contributed by atoms with E-state index >= 15 is 0 Å². The number of carbonyl (C=O) groups is 1. The molecule has 2 atom stereocenters. The maximum atomic E-state index is 11.7. The molecule has 88 valence electrons. The van der Waals surface area contributed by atoms with E-state index in [4.69, 9.17) is 4.74 Å². The van der Waals surface area contributed by atoms with Crippen LogP contribution in [0.1, 0.15) is 38.8 Å². The number of aryl methyl sites for hydroxylation is 1.